The molecule has 1 saturated heterocycles. The van der Waals surface area contributed by atoms with Crippen LogP contribution in [0, 0.1) is 0 Å². The Hall–Kier alpha value is -2.86. The second-order valence-corrected chi connectivity index (χ2v) is 7.80. The standard InChI is InChI=1S/C22H25N3O2S/c1-23(2)19-8-5-18(6-9-19)7-11-21(26)24-13-15-25(16-14-24)22(27)12-10-20-4-3-17-28-20/h3-12,17H,13-16H2,1-2H3. The van der Waals surface area contributed by atoms with Crippen molar-refractivity contribution in [1.29, 1.82) is 0 Å². The van der Waals surface area contributed by atoms with Crippen molar-refractivity contribution < 1.29 is 9.59 Å². The summed E-state index contributed by atoms with van der Waals surface area (Å²) in [5.74, 6) is -0.0186. The van der Waals surface area contributed by atoms with Crippen molar-refractivity contribution in [2.24, 2.45) is 0 Å². The third kappa shape index (κ3) is 5.33. The van der Waals surface area contributed by atoms with E-state index in [0.29, 0.717) is 26.2 Å². The summed E-state index contributed by atoms with van der Waals surface area (Å²) in [7, 11) is 3.99. The fraction of sp³-hybridized carbons (Fsp3) is 0.273. The fourth-order valence-corrected chi connectivity index (χ4v) is 3.57. The van der Waals surface area contributed by atoms with E-state index in [1.54, 1.807) is 33.3 Å². The Balaban J connectivity index is 1.48. The molecule has 0 unspecified atom stereocenters. The summed E-state index contributed by atoms with van der Waals surface area (Å²) >= 11 is 1.60. The van der Waals surface area contributed by atoms with Gasteiger partial charge in [0.1, 0.15) is 0 Å². The molecule has 0 aliphatic carbocycles. The molecule has 5 nitrogen and oxygen atoms in total. The third-order valence-electron chi connectivity index (χ3n) is 4.66. The summed E-state index contributed by atoms with van der Waals surface area (Å²) in [6.07, 6.45) is 6.90. The molecule has 2 aromatic rings. The summed E-state index contributed by atoms with van der Waals surface area (Å²) in [4.78, 5) is 31.4. The first kappa shape index (κ1) is 19.9. The van der Waals surface area contributed by atoms with Crippen molar-refractivity contribution in [1.82, 2.24) is 9.80 Å². The number of hydrogen-bond acceptors (Lipinski definition) is 4. The molecule has 1 aromatic heterocycles. The van der Waals surface area contributed by atoms with Crippen LogP contribution in [0.15, 0.2) is 53.9 Å². The van der Waals surface area contributed by atoms with Gasteiger partial charge >= 0.3 is 0 Å². The molecule has 3 rings (SSSR count). The van der Waals surface area contributed by atoms with Gasteiger partial charge in [-0.25, -0.2) is 0 Å². The molecule has 0 atom stereocenters. The van der Waals surface area contributed by atoms with E-state index in [-0.39, 0.29) is 11.8 Å². The number of carbonyl (C=O) groups is 2. The first-order chi connectivity index (χ1) is 13.5. The second kappa shape index (κ2) is 9.37. The summed E-state index contributed by atoms with van der Waals surface area (Å²) in [6.45, 7) is 2.23. The monoisotopic (exact) mass is 395 g/mol. The van der Waals surface area contributed by atoms with Crippen LogP contribution in [0.4, 0.5) is 5.69 Å². The predicted octanol–water partition coefficient (Wildman–Crippen LogP) is 3.21. The highest BCUT2D eigenvalue weighted by Crippen LogP contribution is 2.14. The van der Waals surface area contributed by atoms with Crippen molar-refractivity contribution in [3.05, 3.63) is 64.4 Å². The number of hydrogen-bond donors (Lipinski definition) is 0. The third-order valence-corrected chi connectivity index (χ3v) is 5.50. The van der Waals surface area contributed by atoms with Gasteiger partial charge in [-0.15, -0.1) is 11.3 Å². The summed E-state index contributed by atoms with van der Waals surface area (Å²) in [6, 6.07) is 12.0. The number of anilines is 1. The molecule has 0 saturated carbocycles. The van der Waals surface area contributed by atoms with E-state index in [0.717, 1.165) is 16.1 Å². The Kier molecular flexibility index (Phi) is 6.66. The van der Waals surface area contributed by atoms with E-state index in [1.807, 2.05) is 72.9 Å². The van der Waals surface area contributed by atoms with Gasteiger partial charge in [0.2, 0.25) is 11.8 Å². The lowest BCUT2D eigenvalue weighted by Crippen LogP contribution is -2.49. The van der Waals surface area contributed by atoms with Crippen LogP contribution in [-0.4, -0.2) is 61.9 Å². The van der Waals surface area contributed by atoms with Gasteiger partial charge in [-0.3, -0.25) is 9.59 Å². The summed E-state index contributed by atoms with van der Waals surface area (Å²) < 4.78 is 0. The van der Waals surface area contributed by atoms with Crippen LogP contribution in [0.1, 0.15) is 10.4 Å². The molecule has 0 spiro atoms. The van der Waals surface area contributed by atoms with Crippen molar-refractivity contribution in [3.63, 3.8) is 0 Å². The number of piperazine rings is 1. The maximum Gasteiger partial charge on any atom is 0.246 e. The van der Waals surface area contributed by atoms with Crippen LogP contribution in [0.5, 0.6) is 0 Å². The number of nitrogens with zero attached hydrogens (tertiary/aromatic N) is 3. The van der Waals surface area contributed by atoms with Crippen LogP contribution >= 0.6 is 11.3 Å². The fourth-order valence-electron chi connectivity index (χ4n) is 2.95. The molecular weight excluding hydrogens is 370 g/mol. The van der Waals surface area contributed by atoms with E-state index < -0.39 is 0 Å². The number of benzene rings is 1. The quantitative estimate of drug-likeness (QED) is 0.730. The Bertz CT molecular complexity index is 846. The number of carbonyl (C=O) groups excluding carboxylic acids is 2. The Morgan fingerprint density at radius 3 is 1.96 bits per heavy atom. The lowest BCUT2D eigenvalue weighted by atomic mass is 10.2. The van der Waals surface area contributed by atoms with Gasteiger partial charge in [0.05, 0.1) is 0 Å². The number of thiophene rings is 1. The molecule has 146 valence electrons. The van der Waals surface area contributed by atoms with Crippen molar-refractivity contribution in [3.8, 4) is 0 Å². The molecule has 2 heterocycles. The maximum absolute atomic E-state index is 12.4. The molecule has 1 aromatic carbocycles. The van der Waals surface area contributed by atoms with Gasteiger partial charge in [-0.05, 0) is 41.3 Å². The number of amides is 2. The molecule has 0 bridgehead atoms. The first-order valence-electron chi connectivity index (χ1n) is 9.28. The second-order valence-electron chi connectivity index (χ2n) is 6.82. The highest BCUT2D eigenvalue weighted by Gasteiger charge is 2.21. The van der Waals surface area contributed by atoms with Crippen molar-refractivity contribution >= 4 is 41.0 Å². The van der Waals surface area contributed by atoms with E-state index in [4.69, 9.17) is 0 Å². The zero-order chi connectivity index (χ0) is 19.9. The largest absolute Gasteiger partial charge is 0.378 e. The van der Waals surface area contributed by atoms with E-state index >= 15 is 0 Å². The summed E-state index contributed by atoms with van der Waals surface area (Å²) in [5, 5.41) is 1.98. The highest BCUT2D eigenvalue weighted by molar-refractivity contribution is 7.10. The van der Waals surface area contributed by atoms with Gasteiger partial charge in [0.25, 0.3) is 0 Å². The van der Waals surface area contributed by atoms with Crippen LogP contribution < -0.4 is 4.90 Å². The van der Waals surface area contributed by atoms with E-state index in [9.17, 15) is 9.59 Å². The molecule has 0 N–H and O–H groups in total. The predicted molar refractivity (Wildman–Crippen MR) is 116 cm³/mol. The Morgan fingerprint density at radius 1 is 0.893 bits per heavy atom. The first-order valence-corrected chi connectivity index (χ1v) is 10.2. The molecule has 0 radical (unpaired) electrons. The van der Waals surface area contributed by atoms with Gasteiger partial charge in [0, 0.05) is 63.0 Å². The molecule has 1 aliphatic rings. The zero-order valence-electron chi connectivity index (χ0n) is 16.2. The van der Waals surface area contributed by atoms with E-state index in [1.165, 1.54) is 0 Å². The normalized spacial score (nSPS) is 14.8. The van der Waals surface area contributed by atoms with Crippen LogP contribution in [0.2, 0.25) is 0 Å². The highest BCUT2D eigenvalue weighted by atomic mass is 32.1. The maximum atomic E-state index is 12.4. The molecule has 2 amide bonds. The molecule has 1 aliphatic heterocycles. The van der Waals surface area contributed by atoms with Gasteiger partial charge in [-0.2, -0.15) is 0 Å². The smallest absolute Gasteiger partial charge is 0.246 e. The summed E-state index contributed by atoms with van der Waals surface area (Å²) in [5.41, 5.74) is 2.11. The van der Waals surface area contributed by atoms with Crippen molar-refractivity contribution in [2.45, 2.75) is 0 Å². The zero-order valence-corrected chi connectivity index (χ0v) is 17.1. The minimum atomic E-state index is -0.0158. The van der Waals surface area contributed by atoms with Crippen LogP contribution in [0.3, 0.4) is 0 Å². The van der Waals surface area contributed by atoms with Gasteiger partial charge in [0.15, 0.2) is 0 Å². The molecular formula is C22H25N3O2S. The van der Waals surface area contributed by atoms with Gasteiger partial charge in [-0.1, -0.05) is 18.2 Å². The molecule has 1 fully saturated rings. The molecule has 6 heteroatoms. The topological polar surface area (TPSA) is 43.9 Å². The Labute approximate surface area is 170 Å². The lowest BCUT2D eigenvalue weighted by molar-refractivity contribution is -0.133. The van der Waals surface area contributed by atoms with Crippen LogP contribution in [0.25, 0.3) is 12.2 Å². The SMILES string of the molecule is CN(C)c1ccc(C=CC(=O)N2CCN(C(=O)C=Cc3cccs3)CC2)cc1. The number of rotatable bonds is 5. The lowest BCUT2D eigenvalue weighted by Gasteiger charge is -2.33. The van der Waals surface area contributed by atoms with Gasteiger partial charge < -0.3 is 14.7 Å². The average molecular weight is 396 g/mol. The minimum absolute atomic E-state index is 0.00276. The molecule has 28 heavy (non-hydrogen) atoms. The van der Waals surface area contributed by atoms with E-state index in [2.05, 4.69) is 0 Å². The van der Waals surface area contributed by atoms with Crippen LogP contribution in [-0.2, 0) is 9.59 Å². The van der Waals surface area contributed by atoms with Crippen molar-refractivity contribution in [2.75, 3.05) is 45.2 Å². The minimum Gasteiger partial charge on any atom is -0.378 e. The Morgan fingerprint density at radius 2 is 1.46 bits per heavy atom. The average Bonchev–Trinajstić information content (AvgIpc) is 3.24.